The Hall–Kier alpha value is -0.160. The largest absolute Gasteiger partial charge is 0.385 e. The zero-order valence-corrected chi connectivity index (χ0v) is 15.0. The highest BCUT2D eigenvalue weighted by molar-refractivity contribution is 4.38. The first-order valence-electron chi connectivity index (χ1n) is 7.50. The smallest absolute Gasteiger partial charge is 0.0700 e. The van der Waals surface area contributed by atoms with Crippen molar-refractivity contribution in [1.82, 2.24) is 0 Å². The number of ether oxygens (including phenoxy) is 4. The summed E-state index contributed by atoms with van der Waals surface area (Å²) in [5, 5.41) is 0. The van der Waals surface area contributed by atoms with E-state index in [1.165, 1.54) is 0 Å². The normalized spacial score (nSPS) is 6.83. The van der Waals surface area contributed by atoms with E-state index in [0.29, 0.717) is 25.0 Å². The van der Waals surface area contributed by atoms with Gasteiger partial charge in [0.05, 0.1) is 13.2 Å². The predicted octanol–water partition coefficient (Wildman–Crippen LogP) is 9.36. The molecule has 0 bridgehead atoms. The molecule has 0 saturated heterocycles. The molecule has 4 heteroatoms. The second-order valence-corrected chi connectivity index (χ2v) is 5.30. The Morgan fingerprint density at radius 2 is 0.828 bits per heavy atom. The number of rotatable bonds is 9. The van der Waals surface area contributed by atoms with Crippen LogP contribution in [0.1, 0.15) is 108 Å². The summed E-state index contributed by atoms with van der Waals surface area (Å²) in [6.45, 7) is 14.6. The van der Waals surface area contributed by atoms with Gasteiger partial charge in [0.2, 0.25) is 0 Å². The predicted molar refractivity (Wildman–Crippen MR) is 147 cm³/mol. The van der Waals surface area contributed by atoms with Gasteiger partial charge in [0.25, 0.3) is 0 Å². The molecule has 0 aliphatic heterocycles. The topological polar surface area (TPSA) is 36.9 Å². The molecular weight excluding hydrogens is 364 g/mol. The van der Waals surface area contributed by atoms with Gasteiger partial charge in [-0.05, 0) is 18.3 Å². The lowest BCUT2D eigenvalue weighted by molar-refractivity contribution is 0.0572. The molecule has 0 aliphatic rings. The van der Waals surface area contributed by atoms with Gasteiger partial charge in [-0.2, -0.15) is 0 Å². The average Bonchev–Trinajstić information content (AvgIpc) is 2.37. The summed E-state index contributed by atoms with van der Waals surface area (Å²) in [5.41, 5.74) is 0. The molecule has 29 heavy (non-hydrogen) atoms. The molecule has 0 aliphatic carbocycles. The van der Waals surface area contributed by atoms with Crippen LogP contribution < -0.4 is 0 Å². The van der Waals surface area contributed by atoms with Gasteiger partial charge in [0.1, 0.15) is 0 Å². The summed E-state index contributed by atoms with van der Waals surface area (Å²) >= 11 is 0. The molecule has 0 N–H and O–H groups in total. The van der Waals surface area contributed by atoms with Gasteiger partial charge in [-0.3, -0.25) is 0 Å². The quantitative estimate of drug-likeness (QED) is 0.336. The molecule has 0 rings (SSSR count). The fraction of sp³-hybridized carbons (Fsp3) is 1.00. The van der Waals surface area contributed by atoms with Gasteiger partial charge in [-0.1, -0.05) is 101 Å². The average molecular weight is 439 g/mol. The van der Waals surface area contributed by atoms with Crippen molar-refractivity contribution in [2.75, 3.05) is 54.4 Å². The first-order valence-corrected chi connectivity index (χ1v) is 7.50. The maximum atomic E-state index is 5.21. The molecule has 0 aromatic heterocycles. The Morgan fingerprint density at radius 1 is 0.483 bits per heavy atom. The summed E-state index contributed by atoms with van der Waals surface area (Å²) in [4.78, 5) is 0. The maximum absolute atomic E-state index is 5.21. The van der Waals surface area contributed by atoms with E-state index < -0.39 is 0 Å². The Morgan fingerprint density at radius 3 is 0.966 bits per heavy atom. The van der Waals surface area contributed by atoms with Crippen LogP contribution >= 0.6 is 0 Å². The first kappa shape index (κ1) is 78.8. The van der Waals surface area contributed by atoms with Crippen LogP contribution in [-0.4, -0.2) is 54.4 Å². The third-order valence-corrected chi connectivity index (χ3v) is 1.79. The molecule has 0 radical (unpaired) electrons. The van der Waals surface area contributed by atoms with Crippen LogP contribution in [-0.2, 0) is 18.9 Å². The molecule has 0 aromatic carbocycles. The van der Waals surface area contributed by atoms with E-state index in [0.717, 1.165) is 26.2 Å². The van der Waals surface area contributed by atoms with E-state index in [1.54, 1.807) is 21.3 Å². The van der Waals surface area contributed by atoms with Gasteiger partial charge in [-0.15, -0.1) is 0 Å². The van der Waals surface area contributed by atoms with Crippen molar-refractivity contribution in [3.63, 3.8) is 0 Å². The summed E-state index contributed by atoms with van der Waals surface area (Å²) in [6, 6.07) is 0. The van der Waals surface area contributed by atoms with Crippen LogP contribution in [0.25, 0.3) is 0 Å². The molecule has 4 nitrogen and oxygen atoms in total. The van der Waals surface area contributed by atoms with Crippen molar-refractivity contribution in [2.45, 2.75) is 108 Å². The van der Waals surface area contributed by atoms with Crippen LogP contribution in [0.3, 0.4) is 0 Å². The van der Waals surface area contributed by atoms with Crippen molar-refractivity contribution in [2.24, 2.45) is 11.8 Å². The molecule has 0 unspecified atom stereocenters. The van der Waals surface area contributed by atoms with Gasteiger partial charge in [0.15, 0.2) is 0 Å². The lowest BCUT2D eigenvalue weighted by Crippen LogP contribution is -2.06. The zero-order chi connectivity index (χ0) is 16.2. The van der Waals surface area contributed by atoms with Crippen molar-refractivity contribution in [1.29, 1.82) is 0 Å². The van der Waals surface area contributed by atoms with Gasteiger partial charge in [-0.25, -0.2) is 0 Å². The zero-order valence-electron chi connectivity index (χ0n) is 15.0. The van der Waals surface area contributed by atoms with Crippen LogP contribution in [0.2, 0.25) is 0 Å². The Kier molecular flexibility index (Phi) is 217. The van der Waals surface area contributed by atoms with Crippen LogP contribution in [0.5, 0.6) is 0 Å². The fourth-order valence-electron chi connectivity index (χ4n) is 0.999. The second-order valence-electron chi connectivity index (χ2n) is 5.30. The van der Waals surface area contributed by atoms with Gasteiger partial charge < -0.3 is 18.9 Å². The van der Waals surface area contributed by atoms with E-state index in [2.05, 4.69) is 34.6 Å². The highest BCUT2D eigenvalue weighted by Gasteiger charge is 1.91. The van der Waals surface area contributed by atoms with Crippen molar-refractivity contribution in [3.8, 4) is 0 Å². The summed E-state index contributed by atoms with van der Waals surface area (Å²) in [6.07, 6.45) is 1.12. The van der Waals surface area contributed by atoms with Crippen LogP contribution in [0.4, 0.5) is 0 Å². The highest BCUT2D eigenvalue weighted by atomic mass is 16.5. The molecule has 0 amide bonds. The van der Waals surface area contributed by atoms with E-state index in [9.17, 15) is 0 Å². The Labute approximate surface area is 193 Å². The second kappa shape index (κ2) is 79.9. The van der Waals surface area contributed by atoms with Gasteiger partial charge in [0, 0.05) is 41.2 Å². The third kappa shape index (κ3) is 158. The van der Waals surface area contributed by atoms with Crippen molar-refractivity contribution in [3.05, 3.63) is 0 Å². The lowest BCUT2D eigenvalue weighted by atomic mass is 10.2. The number of hydrogen-bond donors (Lipinski definition) is 0. The summed E-state index contributed by atoms with van der Waals surface area (Å²) in [7, 11) is 5.11. The van der Waals surface area contributed by atoms with E-state index >= 15 is 0 Å². The van der Waals surface area contributed by atoms with E-state index in [4.69, 9.17) is 18.9 Å². The van der Waals surface area contributed by atoms with E-state index in [-0.39, 0.29) is 66.8 Å². The molecular formula is C25H74O4. The molecule has 0 heterocycles. The van der Waals surface area contributed by atoms with Crippen LogP contribution in [0.15, 0.2) is 0 Å². The minimum absolute atomic E-state index is 0. The summed E-state index contributed by atoms with van der Waals surface area (Å²) in [5.74, 6) is 1.30. The SMILES string of the molecule is C.C.C.C.C.C.C.C.C.CCCOC.COCC(C)C.COCCOCC(C)C. The number of hydrogen-bond acceptors (Lipinski definition) is 4. The monoisotopic (exact) mass is 439 g/mol. The number of methoxy groups -OCH3 is 3. The van der Waals surface area contributed by atoms with Crippen LogP contribution in [0, 0.1) is 11.8 Å². The Balaban J connectivity index is -0.0000000133. The summed E-state index contributed by atoms with van der Waals surface area (Å²) < 4.78 is 19.5. The molecule has 0 atom stereocenters. The minimum atomic E-state index is 0. The third-order valence-electron chi connectivity index (χ3n) is 1.79. The highest BCUT2D eigenvalue weighted by Crippen LogP contribution is 1.91. The Bertz CT molecular complexity index is 139. The molecule has 0 aromatic rings. The fourth-order valence-corrected chi connectivity index (χ4v) is 0.999. The van der Waals surface area contributed by atoms with E-state index in [1.807, 2.05) is 0 Å². The first-order chi connectivity index (χ1) is 9.45. The lowest BCUT2D eigenvalue weighted by Gasteiger charge is -2.04. The minimum Gasteiger partial charge on any atom is -0.385 e. The molecule has 0 fully saturated rings. The van der Waals surface area contributed by atoms with Gasteiger partial charge >= 0.3 is 0 Å². The maximum Gasteiger partial charge on any atom is 0.0700 e. The molecule has 0 saturated carbocycles. The van der Waals surface area contributed by atoms with Crippen molar-refractivity contribution >= 4 is 0 Å². The van der Waals surface area contributed by atoms with Crippen molar-refractivity contribution < 1.29 is 18.9 Å². The standard InChI is InChI=1S/C7H16O2.C5H12O.C4H10O.9CH4/c1-7(2)6-9-5-4-8-3;1-5(2)4-6-3;1-3-4-5-2;;;;;;;;;/h7H,4-6H2,1-3H3;5H,4H2,1-3H3;3-4H2,1-2H3;9*1H4. The molecule has 198 valence electrons. The molecule has 0 spiro atoms.